The molecule has 0 amide bonds. The summed E-state index contributed by atoms with van der Waals surface area (Å²) < 4.78 is 62.3. The van der Waals surface area contributed by atoms with Crippen LogP contribution >= 0.6 is 0 Å². The van der Waals surface area contributed by atoms with E-state index in [1.165, 1.54) is 0 Å². The maximum absolute atomic E-state index is 13.1. The number of halogens is 5. The predicted octanol–water partition coefficient (Wildman–Crippen LogP) is 1.89. The molecule has 0 aliphatic rings. The molecule has 16 heavy (non-hydrogen) atoms. The summed E-state index contributed by atoms with van der Waals surface area (Å²) in [4.78, 5) is 0. The molecule has 1 rings (SSSR count). The maximum Gasteiger partial charge on any atom is 0.416 e. The molecule has 3 N–H and O–H groups in total. The molecule has 0 fully saturated rings. The fourth-order valence-corrected chi connectivity index (χ4v) is 1.19. The van der Waals surface area contributed by atoms with Gasteiger partial charge in [-0.3, -0.25) is 0 Å². The van der Waals surface area contributed by atoms with Crippen LogP contribution in [0.2, 0.25) is 0 Å². The molecule has 2 atom stereocenters. The van der Waals surface area contributed by atoms with Gasteiger partial charge < -0.3 is 10.8 Å². The number of alkyl halides is 3. The van der Waals surface area contributed by atoms with Crippen LogP contribution in [0.5, 0.6) is 0 Å². The van der Waals surface area contributed by atoms with Gasteiger partial charge in [-0.25, -0.2) is 8.78 Å². The second kappa shape index (κ2) is 4.34. The lowest BCUT2D eigenvalue weighted by Crippen LogP contribution is -2.39. The van der Waals surface area contributed by atoms with E-state index in [4.69, 9.17) is 10.8 Å². The Hall–Kier alpha value is -1.21. The molecule has 0 bridgehead atoms. The normalized spacial score (nSPS) is 15.9. The van der Waals surface area contributed by atoms with E-state index in [0.717, 1.165) is 18.2 Å². The smallest absolute Gasteiger partial charge is 0.382 e. The minimum atomic E-state index is -5.03. The Labute approximate surface area is 87.5 Å². The molecule has 0 aromatic heterocycles. The van der Waals surface area contributed by atoms with Crippen LogP contribution in [0.1, 0.15) is 11.6 Å². The van der Waals surface area contributed by atoms with Gasteiger partial charge in [0.15, 0.2) is 6.10 Å². The molecule has 7 heteroatoms. The molecule has 1 aromatic rings. The number of benzene rings is 1. The zero-order chi connectivity index (χ0) is 12.5. The van der Waals surface area contributed by atoms with Crippen LogP contribution in [-0.4, -0.2) is 17.4 Å². The van der Waals surface area contributed by atoms with Crippen molar-refractivity contribution < 1.29 is 27.1 Å². The zero-order valence-electron chi connectivity index (χ0n) is 7.80. The van der Waals surface area contributed by atoms with Gasteiger partial charge >= 0.3 is 6.18 Å². The summed E-state index contributed by atoms with van der Waals surface area (Å²) in [6, 6.07) is 0.324. The summed E-state index contributed by atoms with van der Waals surface area (Å²) in [6.45, 7) is 0. The predicted molar refractivity (Wildman–Crippen MR) is 45.3 cm³/mol. The largest absolute Gasteiger partial charge is 0.416 e. The Morgan fingerprint density at radius 1 is 1.12 bits per heavy atom. The highest BCUT2D eigenvalue weighted by atomic mass is 19.4. The Morgan fingerprint density at radius 3 is 1.94 bits per heavy atom. The lowest BCUT2D eigenvalue weighted by atomic mass is 10.0. The van der Waals surface area contributed by atoms with Crippen molar-refractivity contribution in [2.75, 3.05) is 0 Å². The van der Waals surface area contributed by atoms with E-state index in [1.807, 2.05) is 0 Å². The minimum absolute atomic E-state index is 0.765. The van der Waals surface area contributed by atoms with Crippen molar-refractivity contribution >= 4 is 0 Å². The first-order valence-electron chi connectivity index (χ1n) is 4.19. The highest BCUT2D eigenvalue weighted by Gasteiger charge is 2.44. The van der Waals surface area contributed by atoms with Gasteiger partial charge in [0.05, 0.1) is 6.04 Å². The fourth-order valence-electron chi connectivity index (χ4n) is 1.19. The summed E-state index contributed by atoms with van der Waals surface area (Å²) in [7, 11) is 0. The number of aliphatic hydroxyl groups is 1. The van der Waals surface area contributed by atoms with Crippen molar-refractivity contribution in [1.82, 2.24) is 0 Å². The Balaban J connectivity index is 3.10. The van der Waals surface area contributed by atoms with Crippen molar-refractivity contribution in [3.63, 3.8) is 0 Å². The van der Waals surface area contributed by atoms with E-state index in [0.29, 0.717) is 0 Å². The van der Waals surface area contributed by atoms with E-state index in [9.17, 15) is 22.0 Å². The molecule has 0 unspecified atom stereocenters. The molecule has 0 saturated heterocycles. The van der Waals surface area contributed by atoms with Crippen LogP contribution in [-0.2, 0) is 0 Å². The van der Waals surface area contributed by atoms with Crippen molar-refractivity contribution in [2.45, 2.75) is 18.3 Å². The quantitative estimate of drug-likeness (QED) is 0.776. The second-order valence-corrected chi connectivity index (χ2v) is 3.15. The number of nitrogens with two attached hydrogens (primary N) is 1. The van der Waals surface area contributed by atoms with Gasteiger partial charge in [-0.15, -0.1) is 0 Å². The van der Waals surface area contributed by atoms with E-state index in [1.54, 1.807) is 0 Å². The molecule has 0 aliphatic heterocycles. The highest BCUT2D eigenvalue weighted by Crippen LogP contribution is 2.30. The summed E-state index contributed by atoms with van der Waals surface area (Å²) in [6.07, 6.45) is -8.05. The molecule has 0 heterocycles. The van der Waals surface area contributed by atoms with Crippen LogP contribution in [0.3, 0.4) is 0 Å². The van der Waals surface area contributed by atoms with Crippen LogP contribution in [0.25, 0.3) is 0 Å². The van der Waals surface area contributed by atoms with Gasteiger partial charge in [-0.2, -0.15) is 13.2 Å². The average molecular weight is 241 g/mol. The third-order valence-corrected chi connectivity index (χ3v) is 2.01. The summed E-state index contributed by atoms with van der Waals surface area (Å²) >= 11 is 0. The molecular weight excluding hydrogens is 233 g/mol. The lowest BCUT2D eigenvalue weighted by Gasteiger charge is -2.22. The highest BCUT2D eigenvalue weighted by molar-refractivity contribution is 5.24. The standard InChI is InChI=1S/C9H8F5NO/c10-4-2-1-3-5(11)6(4)7(15)8(16)9(12,13)14/h1-3,7-8,16H,15H2/t7-,8-/m0/s1. The summed E-state index contributed by atoms with van der Waals surface area (Å²) in [5.41, 5.74) is 4.00. The third-order valence-electron chi connectivity index (χ3n) is 2.01. The summed E-state index contributed by atoms with van der Waals surface area (Å²) in [5, 5.41) is 8.77. The van der Waals surface area contributed by atoms with E-state index >= 15 is 0 Å². The number of rotatable bonds is 2. The van der Waals surface area contributed by atoms with Crippen molar-refractivity contribution in [3.05, 3.63) is 35.4 Å². The maximum atomic E-state index is 13.1. The molecular formula is C9H8F5NO. The number of hydrogen-bond acceptors (Lipinski definition) is 2. The first kappa shape index (κ1) is 12.9. The minimum Gasteiger partial charge on any atom is -0.382 e. The fraction of sp³-hybridized carbons (Fsp3) is 0.333. The monoisotopic (exact) mass is 241 g/mol. The average Bonchev–Trinajstić information content (AvgIpc) is 2.14. The Bertz CT molecular complexity index is 358. The molecule has 0 radical (unpaired) electrons. The van der Waals surface area contributed by atoms with E-state index in [2.05, 4.69) is 0 Å². The van der Waals surface area contributed by atoms with Crippen LogP contribution in [0.15, 0.2) is 18.2 Å². The molecule has 2 nitrogen and oxygen atoms in total. The summed E-state index contributed by atoms with van der Waals surface area (Å²) in [5.74, 6) is -2.45. The zero-order valence-corrected chi connectivity index (χ0v) is 7.80. The van der Waals surface area contributed by atoms with Gasteiger partial charge in [0, 0.05) is 5.56 Å². The van der Waals surface area contributed by atoms with Gasteiger partial charge in [0.2, 0.25) is 0 Å². The van der Waals surface area contributed by atoms with E-state index < -0.39 is 35.5 Å². The number of hydrogen-bond donors (Lipinski definition) is 2. The van der Waals surface area contributed by atoms with Crippen LogP contribution < -0.4 is 5.73 Å². The van der Waals surface area contributed by atoms with Crippen molar-refractivity contribution in [1.29, 1.82) is 0 Å². The SMILES string of the molecule is N[C@@H](c1c(F)cccc1F)[C@H](O)C(F)(F)F. The number of aliphatic hydroxyl groups excluding tert-OH is 1. The van der Waals surface area contributed by atoms with Crippen LogP contribution in [0, 0.1) is 11.6 Å². The topological polar surface area (TPSA) is 46.2 Å². The lowest BCUT2D eigenvalue weighted by molar-refractivity contribution is -0.210. The van der Waals surface area contributed by atoms with Crippen molar-refractivity contribution in [2.24, 2.45) is 5.73 Å². The third kappa shape index (κ3) is 2.48. The Morgan fingerprint density at radius 2 is 1.56 bits per heavy atom. The van der Waals surface area contributed by atoms with Gasteiger partial charge in [0.25, 0.3) is 0 Å². The van der Waals surface area contributed by atoms with E-state index in [-0.39, 0.29) is 0 Å². The molecule has 0 saturated carbocycles. The molecule has 0 spiro atoms. The van der Waals surface area contributed by atoms with Crippen LogP contribution in [0.4, 0.5) is 22.0 Å². The first-order valence-corrected chi connectivity index (χ1v) is 4.19. The molecule has 90 valence electrons. The van der Waals surface area contributed by atoms with Crippen molar-refractivity contribution in [3.8, 4) is 0 Å². The Kier molecular flexibility index (Phi) is 3.49. The first-order chi connectivity index (χ1) is 7.25. The second-order valence-electron chi connectivity index (χ2n) is 3.15. The molecule has 0 aliphatic carbocycles. The van der Waals surface area contributed by atoms with Gasteiger partial charge in [-0.05, 0) is 12.1 Å². The molecule has 1 aromatic carbocycles. The van der Waals surface area contributed by atoms with Gasteiger partial charge in [-0.1, -0.05) is 6.07 Å². The van der Waals surface area contributed by atoms with Gasteiger partial charge in [0.1, 0.15) is 11.6 Å².